The summed E-state index contributed by atoms with van der Waals surface area (Å²) in [5.74, 6) is -0.234. The van der Waals surface area contributed by atoms with Gasteiger partial charge in [0.25, 0.3) is 0 Å². The van der Waals surface area contributed by atoms with Crippen LogP contribution >= 0.6 is 0 Å². The number of hydrogen-bond acceptors (Lipinski definition) is 3. The minimum Gasteiger partial charge on any atom is -0.399 e. The van der Waals surface area contributed by atoms with Crippen molar-refractivity contribution >= 4 is 11.6 Å². The van der Waals surface area contributed by atoms with E-state index in [1.54, 1.807) is 19.1 Å². The summed E-state index contributed by atoms with van der Waals surface area (Å²) in [5, 5.41) is 11.3. The molecule has 0 aliphatic heterocycles. The fourth-order valence-corrected chi connectivity index (χ4v) is 1.20. The second-order valence-corrected chi connectivity index (χ2v) is 3.75. The third kappa shape index (κ3) is 4.01. The maximum Gasteiger partial charge on any atom is 0.224 e. The van der Waals surface area contributed by atoms with E-state index in [1.165, 1.54) is 0 Å². The molecule has 0 bridgehead atoms. The normalized spacial score (nSPS) is 11.5. The molecule has 0 aliphatic rings. The predicted molar refractivity (Wildman–Crippen MR) is 62.3 cm³/mol. The van der Waals surface area contributed by atoms with Crippen LogP contribution in [0.4, 0.5) is 5.69 Å². The van der Waals surface area contributed by atoms with E-state index in [0.29, 0.717) is 18.7 Å². The standard InChI is InChI=1S/C12H15N3O/c1-9(7-13)8-15-12(16)6-10-2-4-11(14)5-3-10/h2-5,9H,6,8,14H2,1H3,(H,15,16). The number of benzene rings is 1. The minimum absolute atomic E-state index is 0.0770. The first-order valence-corrected chi connectivity index (χ1v) is 5.12. The molecule has 0 spiro atoms. The van der Waals surface area contributed by atoms with E-state index >= 15 is 0 Å². The summed E-state index contributed by atoms with van der Waals surface area (Å²) < 4.78 is 0. The Bertz CT molecular complexity index is 392. The molecular weight excluding hydrogens is 202 g/mol. The summed E-state index contributed by atoms with van der Waals surface area (Å²) in [7, 11) is 0. The van der Waals surface area contributed by atoms with Gasteiger partial charge >= 0.3 is 0 Å². The monoisotopic (exact) mass is 217 g/mol. The van der Waals surface area contributed by atoms with Gasteiger partial charge < -0.3 is 11.1 Å². The Morgan fingerprint density at radius 1 is 1.50 bits per heavy atom. The Labute approximate surface area is 95.1 Å². The van der Waals surface area contributed by atoms with Gasteiger partial charge in [0.1, 0.15) is 0 Å². The highest BCUT2D eigenvalue weighted by Gasteiger charge is 2.05. The number of anilines is 1. The molecular formula is C12H15N3O. The number of nitrogens with two attached hydrogens (primary N) is 1. The first-order valence-electron chi connectivity index (χ1n) is 5.12. The van der Waals surface area contributed by atoms with Gasteiger partial charge in [-0.1, -0.05) is 12.1 Å². The van der Waals surface area contributed by atoms with Gasteiger partial charge in [-0.15, -0.1) is 0 Å². The molecule has 0 saturated heterocycles. The highest BCUT2D eigenvalue weighted by atomic mass is 16.1. The highest BCUT2D eigenvalue weighted by Crippen LogP contribution is 2.05. The van der Waals surface area contributed by atoms with Crippen molar-refractivity contribution in [3.63, 3.8) is 0 Å². The maximum atomic E-state index is 11.5. The lowest BCUT2D eigenvalue weighted by Gasteiger charge is -2.06. The molecule has 3 N–H and O–H groups in total. The van der Waals surface area contributed by atoms with Crippen LogP contribution in [-0.2, 0) is 11.2 Å². The number of carbonyl (C=O) groups is 1. The lowest BCUT2D eigenvalue weighted by Crippen LogP contribution is -2.29. The van der Waals surface area contributed by atoms with E-state index < -0.39 is 0 Å². The molecule has 1 aromatic carbocycles. The lowest BCUT2D eigenvalue weighted by molar-refractivity contribution is -0.120. The second-order valence-electron chi connectivity index (χ2n) is 3.75. The van der Waals surface area contributed by atoms with Crippen LogP contribution in [0.25, 0.3) is 0 Å². The van der Waals surface area contributed by atoms with Gasteiger partial charge in [0, 0.05) is 12.2 Å². The Kier molecular flexibility index (Phi) is 4.34. The minimum atomic E-state index is -0.157. The number of nitrogen functional groups attached to an aromatic ring is 1. The van der Waals surface area contributed by atoms with Crippen LogP contribution < -0.4 is 11.1 Å². The number of amides is 1. The summed E-state index contributed by atoms with van der Waals surface area (Å²) in [6.07, 6.45) is 0.318. The molecule has 1 amide bonds. The highest BCUT2D eigenvalue weighted by molar-refractivity contribution is 5.78. The van der Waals surface area contributed by atoms with Crippen molar-refractivity contribution in [3.05, 3.63) is 29.8 Å². The van der Waals surface area contributed by atoms with Gasteiger partial charge in [-0.05, 0) is 24.6 Å². The molecule has 1 atom stereocenters. The van der Waals surface area contributed by atoms with Gasteiger partial charge in [-0.3, -0.25) is 4.79 Å². The molecule has 0 heterocycles. The summed E-state index contributed by atoms with van der Waals surface area (Å²) in [6, 6.07) is 9.23. The number of hydrogen-bond donors (Lipinski definition) is 2. The van der Waals surface area contributed by atoms with Gasteiger partial charge in [-0.2, -0.15) is 5.26 Å². The number of nitrogens with one attached hydrogen (secondary N) is 1. The van der Waals surface area contributed by atoms with Crippen LogP contribution in [0.3, 0.4) is 0 Å². The zero-order valence-electron chi connectivity index (χ0n) is 9.23. The van der Waals surface area contributed by atoms with Crippen LogP contribution in [0.1, 0.15) is 12.5 Å². The Hall–Kier alpha value is -2.02. The van der Waals surface area contributed by atoms with Crippen molar-refractivity contribution in [1.29, 1.82) is 5.26 Å². The van der Waals surface area contributed by atoms with Crippen molar-refractivity contribution in [2.24, 2.45) is 5.92 Å². The predicted octanol–water partition coefficient (Wildman–Crippen LogP) is 1.09. The maximum absolute atomic E-state index is 11.5. The lowest BCUT2D eigenvalue weighted by atomic mass is 10.1. The number of nitriles is 1. The number of nitrogens with zero attached hydrogens (tertiary/aromatic N) is 1. The Balaban J connectivity index is 2.40. The molecule has 0 aliphatic carbocycles. The molecule has 0 saturated carbocycles. The van der Waals surface area contributed by atoms with Crippen molar-refractivity contribution in [3.8, 4) is 6.07 Å². The van der Waals surface area contributed by atoms with Crippen LogP contribution in [0, 0.1) is 17.2 Å². The van der Waals surface area contributed by atoms with Gasteiger partial charge in [0.15, 0.2) is 0 Å². The molecule has 1 unspecified atom stereocenters. The van der Waals surface area contributed by atoms with Gasteiger partial charge in [-0.25, -0.2) is 0 Å². The summed E-state index contributed by atoms with van der Waals surface area (Å²) in [6.45, 7) is 2.16. The number of rotatable bonds is 4. The van der Waals surface area contributed by atoms with Crippen molar-refractivity contribution < 1.29 is 4.79 Å². The molecule has 4 nitrogen and oxygen atoms in total. The van der Waals surface area contributed by atoms with Crippen LogP contribution in [0.15, 0.2) is 24.3 Å². The van der Waals surface area contributed by atoms with Gasteiger partial charge in [0.05, 0.1) is 18.4 Å². The summed E-state index contributed by atoms with van der Waals surface area (Å²) in [5.41, 5.74) is 7.13. The largest absolute Gasteiger partial charge is 0.399 e. The van der Waals surface area contributed by atoms with E-state index in [0.717, 1.165) is 5.56 Å². The van der Waals surface area contributed by atoms with Crippen LogP contribution in [0.2, 0.25) is 0 Å². The van der Waals surface area contributed by atoms with E-state index in [-0.39, 0.29) is 11.8 Å². The molecule has 1 aromatic rings. The van der Waals surface area contributed by atoms with Crippen molar-refractivity contribution in [2.75, 3.05) is 12.3 Å². The smallest absolute Gasteiger partial charge is 0.224 e. The van der Waals surface area contributed by atoms with Crippen LogP contribution in [0.5, 0.6) is 0 Å². The van der Waals surface area contributed by atoms with E-state index in [4.69, 9.17) is 11.0 Å². The van der Waals surface area contributed by atoms with E-state index in [1.807, 2.05) is 12.1 Å². The molecule has 84 valence electrons. The van der Waals surface area contributed by atoms with Crippen molar-refractivity contribution in [1.82, 2.24) is 5.32 Å². The third-order valence-corrected chi connectivity index (χ3v) is 2.17. The number of carbonyl (C=O) groups excluding carboxylic acids is 1. The molecule has 0 aromatic heterocycles. The molecule has 16 heavy (non-hydrogen) atoms. The van der Waals surface area contributed by atoms with Crippen LogP contribution in [-0.4, -0.2) is 12.5 Å². The quantitative estimate of drug-likeness (QED) is 0.741. The topological polar surface area (TPSA) is 78.9 Å². The average molecular weight is 217 g/mol. The molecule has 1 rings (SSSR count). The molecule has 4 heteroatoms. The van der Waals surface area contributed by atoms with E-state index in [9.17, 15) is 4.79 Å². The Morgan fingerprint density at radius 2 is 2.12 bits per heavy atom. The average Bonchev–Trinajstić information content (AvgIpc) is 2.29. The first-order chi connectivity index (χ1) is 7.61. The zero-order valence-corrected chi connectivity index (χ0v) is 9.23. The fourth-order valence-electron chi connectivity index (χ4n) is 1.20. The summed E-state index contributed by atoms with van der Waals surface area (Å²) in [4.78, 5) is 11.5. The second kappa shape index (κ2) is 5.76. The SMILES string of the molecule is CC(C#N)CNC(=O)Cc1ccc(N)cc1. The fraction of sp³-hybridized carbons (Fsp3) is 0.333. The summed E-state index contributed by atoms with van der Waals surface area (Å²) >= 11 is 0. The zero-order chi connectivity index (χ0) is 12.0. The van der Waals surface area contributed by atoms with Gasteiger partial charge in [0.2, 0.25) is 5.91 Å². The van der Waals surface area contributed by atoms with E-state index in [2.05, 4.69) is 11.4 Å². The third-order valence-electron chi connectivity index (χ3n) is 2.17. The Morgan fingerprint density at radius 3 is 2.69 bits per heavy atom. The first kappa shape index (κ1) is 12.1. The molecule has 0 radical (unpaired) electrons. The molecule has 0 fully saturated rings. The van der Waals surface area contributed by atoms with Crippen molar-refractivity contribution in [2.45, 2.75) is 13.3 Å².